The number of carbonyl (C=O) groups is 1. The van der Waals surface area contributed by atoms with Crippen molar-refractivity contribution in [3.63, 3.8) is 0 Å². The monoisotopic (exact) mass is 438 g/mol. The van der Waals surface area contributed by atoms with Gasteiger partial charge in [-0.05, 0) is 18.9 Å². The molecule has 0 bridgehead atoms. The van der Waals surface area contributed by atoms with Crippen molar-refractivity contribution >= 4 is 35.1 Å². The predicted octanol–water partition coefficient (Wildman–Crippen LogP) is 1.16. The summed E-state index contributed by atoms with van der Waals surface area (Å²) in [6.07, 6.45) is 2.81. The molecule has 11 heteroatoms. The highest BCUT2D eigenvalue weighted by Gasteiger charge is 2.23. The van der Waals surface area contributed by atoms with Crippen LogP contribution in [-0.4, -0.2) is 45.5 Å². The molecule has 1 amide bonds. The lowest BCUT2D eigenvalue weighted by atomic mass is 10.2. The third-order valence-corrected chi connectivity index (χ3v) is 4.85. The molecule has 10 nitrogen and oxygen atoms in total. The summed E-state index contributed by atoms with van der Waals surface area (Å²) < 4.78 is 7.82. The molecule has 164 valence electrons. The van der Waals surface area contributed by atoms with Gasteiger partial charge in [-0.3, -0.25) is 28.7 Å². The number of hydrogen-bond donors (Lipinski definition) is 2. The number of nitrogen functional groups attached to an aromatic ring is 1. The van der Waals surface area contributed by atoms with E-state index in [2.05, 4.69) is 10.1 Å². The molecular formula is C19H27ClN6O4. The van der Waals surface area contributed by atoms with Crippen LogP contribution in [0.25, 0.3) is 6.08 Å². The van der Waals surface area contributed by atoms with E-state index in [1.807, 2.05) is 13.8 Å². The lowest BCUT2D eigenvalue weighted by Gasteiger charge is -2.23. The van der Waals surface area contributed by atoms with E-state index in [1.54, 1.807) is 14.0 Å². The molecule has 2 aromatic rings. The van der Waals surface area contributed by atoms with E-state index in [-0.39, 0.29) is 30.6 Å². The lowest BCUT2D eigenvalue weighted by molar-refractivity contribution is -0.114. The van der Waals surface area contributed by atoms with Crippen LogP contribution in [-0.2, 0) is 23.1 Å². The Balaban J connectivity index is 2.52. The van der Waals surface area contributed by atoms with Crippen LogP contribution in [0.3, 0.4) is 0 Å². The summed E-state index contributed by atoms with van der Waals surface area (Å²) in [4.78, 5) is 41.2. The highest BCUT2D eigenvalue weighted by molar-refractivity contribution is 6.31. The number of aryl methyl sites for hydroxylation is 2. The van der Waals surface area contributed by atoms with Crippen LogP contribution < -0.4 is 21.9 Å². The van der Waals surface area contributed by atoms with Gasteiger partial charge in [0.05, 0.1) is 12.3 Å². The molecule has 0 saturated carbocycles. The van der Waals surface area contributed by atoms with Crippen molar-refractivity contribution in [3.8, 4) is 0 Å². The van der Waals surface area contributed by atoms with Gasteiger partial charge in [0.25, 0.3) is 11.5 Å². The maximum Gasteiger partial charge on any atom is 0.330 e. The summed E-state index contributed by atoms with van der Waals surface area (Å²) >= 11 is 6.21. The average molecular weight is 439 g/mol. The van der Waals surface area contributed by atoms with Gasteiger partial charge in [0, 0.05) is 38.9 Å². The van der Waals surface area contributed by atoms with Crippen LogP contribution in [0.2, 0.25) is 5.15 Å². The Kier molecular flexibility index (Phi) is 7.63. The molecule has 0 spiro atoms. The molecule has 0 aromatic carbocycles. The van der Waals surface area contributed by atoms with Gasteiger partial charge in [-0.1, -0.05) is 25.4 Å². The number of amides is 1. The second-order valence-electron chi connectivity index (χ2n) is 7.23. The van der Waals surface area contributed by atoms with Crippen molar-refractivity contribution < 1.29 is 9.53 Å². The Hall–Kier alpha value is -2.85. The van der Waals surface area contributed by atoms with Gasteiger partial charge in [-0.25, -0.2) is 4.79 Å². The van der Waals surface area contributed by atoms with Gasteiger partial charge in [-0.2, -0.15) is 5.10 Å². The molecule has 0 fully saturated rings. The molecule has 0 radical (unpaired) electrons. The molecule has 0 unspecified atom stereocenters. The summed E-state index contributed by atoms with van der Waals surface area (Å²) in [5.41, 5.74) is 5.92. The summed E-state index contributed by atoms with van der Waals surface area (Å²) in [6.45, 7) is 6.10. The Bertz CT molecular complexity index is 1070. The minimum atomic E-state index is -0.744. The Morgan fingerprint density at radius 1 is 1.40 bits per heavy atom. The maximum absolute atomic E-state index is 13.0. The molecule has 0 saturated heterocycles. The standard InChI is InChI=1S/C19H27ClN6O4/c1-11(2)10-26-17(21)15(18(28)22-19(26)29)25(8-9-30-5)14(27)7-6-13-12(3)23-24(4)16(13)20/h6-7,11H,8-10,21H2,1-5H3,(H,22,28,29)/b7-6+. The van der Waals surface area contributed by atoms with E-state index in [9.17, 15) is 14.4 Å². The number of halogens is 1. The number of H-pyrrole nitrogens is 1. The van der Waals surface area contributed by atoms with E-state index in [0.29, 0.717) is 23.0 Å². The van der Waals surface area contributed by atoms with E-state index in [4.69, 9.17) is 22.1 Å². The Morgan fingerprint density at radius 2 is 2.07 bits per heavy atom. The zero-order valence-electron chi connectivity index (χ0n) is 17.7. The van der Waals surface area contributed by atoms with Crippen LogP contribution >= 0.6 is 11.6 Å². The van der Waals surface area contributed by atoms with Gasteiger partial charge >= 0.3 is 5.69 Å². The smallest absolute Gasteiger partial charge is 0.330 e. The number of hydrogen-bond acceptors (Lipinski definition) is 6. The number of aromatic amines is 1. The predicted molar refractivity (Wildman–Crippen MR) is 117 cm³/mol. The zero-order chi connectivity index (χ0) is 22.6. The highest BCUT2D eigenvalue weighted by atomic mass is 35.5. The number of aromatic nitrogens is 4. The van der Waals surface area contributed by atoms with Crippen molar-refractivity contribution in [2.45, 2.75) is 27.3 Å². The summed E-state index contributed by atoms with van der Waals surface area (Å²) in [5, 5.41) is 4.57. The van der Waals surface area contributed by atoms with Gasteiger partial charge < -0.3 is 10.5 Å². The number of ether oxygens (including phenoxy) is 1. The minimum Gasteiger partial charge on any atom is -0.383 e. The van der Waals surface area contributed by atoms with Gasteiger partial charge in [0.2, 0.25) is 0 Å². The topological polar surface area (TPSA) is 128 Å². The molecule has 0 aliphatic rings. The molecule has 3 N–H and O–H groups in total. The summed E-state index contributed by atoms with van der Waals surface area (Å²) in [5.74, 6) is -0.494. The number of methoxy groups -OCH3 is 1. The lowest BCUT2D eigenvalue weighted by Crippen LogP contribution is -2.42. The average Bonchev–Trinajstić information content (AvgIpc) is 2.90. The van der Waals surface area contributed by atoms with E-state index >= 15 is 0 Å². The normalized spacial score (nSPS) is 11.6. The van der Waals surface area contributed by atoms with Crippen molar-refractivity contribution in [1.29, 1.82) is 0 Å². The van der Waals surface area contributed by atoms with Crippen LogP contribution in [0.1, 0.15) is 25.1 Å². The number of carbonyl (C=O) groups excluding carboxylic acids is 1. The first kappa shape index (κ1) is 23.4. The number of nitrogens with two attached hydrogens (primary N) is 1. The van der Waals surface area contributed by atoms with E-state index < -0.39 is 17.2 Å². The van der Waals surface area contributed by atoms with Gasteiger partial charge in [0.15, 0.2) is 5.69 Å². The fourth-order valence-electron chi connectivity index (χ4n) is 2.98. The second kappa shape index (κ2) is 9.77. The molecule has 2 rings (SSSR count). The van der Waals surface area contributed by atoms with Crippen molar-refractivity contribution in [2.75, 3.05) is 30.9 Å². The molecule has 0 aliphatic carbocycles. The number of rotatable bonds is 8. The zero-order valence-corrected chi connectivity index (χ0v) is 18.5. The largest absolute Gasteiger partial charge is 0.383 e. The molecule has 30 heavy (non-hydrogen) atoms. The van der Waals surface area contributed by atoms with Crippen LogP contribution in [0.4, 0.5) is 11.5 Å². The van der Waals surface area contributed by atoms with Crippen molar-refractivity contribution in [2.24, 2.45) is 13.0 Å². The number of nitrogens with one attached hydrogen (secondary N) is 1. The van der Waals surface area contributed by atoms with Crippen LogP contribution in [0.5, 0.6) is 0 Å². The fraction of sp³-hybridized carbons (Fsp3) is 0.474. The van der Waals surface area contributed by atoms with E-state index in [1.165, 1.54) is 33.4 Å². The third kappa shape index (κ3) is 5.00. The maximum atomic E-state index is 13.0. The molecule has 0 aliphatic heterocycles. The van der Waals surface area contributed by atoms with Crippen LogP contribution in [0.15, 0.2) is 15.7 Å². The first-order chi connectivity index (χ1) is 14.1. The van der Waals surface area contributed by atoms with Crippen molar-refractivity contribution in [1.82, 2.24) is 19.3 Å². The Morgan fingerprint density at radius 3 is 2.60 bits per heavy atom. The first-order valence-corrected chi connectivity index (χ1v) is 9.76. The van der Waals surface area contributed by atoms with E-state index in [0.717, 1.165) is 0 Å². The van der Waals surface area contributed by atoms with Gasteiger partial charge in [-0.15, -0.1) is 0 Å². The molecule has 2 aromatic heterocycles. The highest BCUT2D eigenvalue weighted by Crippen LogP contribution is 2.22. The molecule has 2 heterocycles. The first-order valence-electron chi connectivity index (χ1n) is 9.38. The second-order valence-corrected chi connectivity index (χ2v) is 7.59. The van der Waals surface area contributed by atoms with Crippen molar-refractivity contribution in [3.05, 3.63) is 43.3 Å². The summed E-state index contributed by atoms with van der Waals surface area (Å²) in [6, 6.07) is 0. The third-order valence-electron chi connectivity index (χ3n) is 4.41. The van der Waals surface area contributed by atoms with Crippen LogP contribution in [0, 0.1) is 12.8 Å². The SMILES string of the molecule is COCCN(C(=O)/C=C/c1c(C)nn(C)c1Cl)c1c(N)n(CC(C)C)c(=O)[nH]c1=O. The van der Waals surface area contributed by atoms with Gasteiger partial charge in [0.1, 0.15) is 11.0 Å². The number of nitrogens with zero attached hydrogens (tertiary/aromatic N) is 4. The minimum absolute atomic E-state index is 0.0621. The Labute approximate surface area is 178 Å². The number of anilines is 2. The quantitative estimate of drug-likeness (QED) is 0.595. The molecular weight excluding hydrogens is 412 g/mol. The summed E-state index contributed by atoms with van der Waals surface area (Å²) in [7, 11) is 3.17. The fourth-order valence-corrected chi connectivity index (χ4v) is 3.22. The molecule has 0 atom stereocenters.